The lowest BCUT2D eigenvalue weighted by Gasteiger charge is -2.09. The molecular weight excluding hydrogens is 280 g/mol. The van der Waals surface area contributed by atoms with Crippen LogP contribution in [0.4, 0.5) is 0 Å². The first-order chi connectivity index (χ1) is 9.36. The molecule has 0 saturated carbocycles. The van der Waals surface area contributed by atoms with Gasteiger partial charge in [0.05, 0.1) is 6.61 Å². The first-order valence-electron chi connectivity index (χ1n) is 6.24. The van der Waals surface area contributed by atoms with Gasteiger partial charge >= 0.3 is 16.1 Å². The minimum absolute atomic E-state index is 0.0365. The largest absolute Gasteiger partial charge is 0.460 e. The molecule has 6 heteroatoms. The summed E-state index contributed by atoms with van der Waals surface area (Å²) in [5, 5.41) is 0. The molecule has 20 heavy (non-hydrogen) atoms. The van der Waals surface area contributed by atoms with Crippen molar-refractivity contribution in [2.24, 2.45) is 0 Å². The topological polar surface area (TPSA) is 69.7 Å². The van der Waals surface area contributed by atoms with Crippen molar-refractivity contribution in [1.82, 2.24) is 0 Å². The Kier molecular flexibility index (Phi) is 5.76. The Morgan fingerprint density at radius 3 is 2.40 bits per heavy atom. The number of carbonyl (C=O) groups is 1. The minimum atomic E-state index is -4.05. The third-order valence-electron chi connectivity index (χ3n) is 2.48. The second-order valence-corrected chi connectivity index (χ2v) is 5.81. The van der Waals surface area contributed by atoms with E-state index < -0.39 is 21.8 Å². The third kappa shape index (κ3) is 4.70. The number of hydrogen-bond acceptors (Lipinski definition) is 5. The van der Waals surface area contributed by atoms with Crippen LogP contribution in [0.3, 0.4) is 0 Å². The van der Waals surface area contributed by atoms with Crippen molar-refractivity contribution in [3.8, 4) is 0 Å². The molecule has 0 radical (unpaired) electrons. The molecule has 1 rings (SSSR count). The number of unbranched alkanes of at least 4 members (excludes halogenated alkanes) is 1. The minimum Gasteiger partial charge on any atom is -0.460 e. The molecule has 0 aliphatic rings. The fourth-order valence-corrected chi connectivity index (χ4v) is 2.21. The molecule has 0 atom stereocenters. The van der Waals surface area contributed by atoms with Crippen molar-refractivity contribution in [2.45, 2.75) is 31.6 Å². The van der Waals surface area contributed by atoms with E-state index in [0.29, 0.717) is 6.42 Å². The van der Waals surface area contributed by atoms with Gasteiger partial charge in [0.2, 0.25) is 5.76 Å². The summed E-state index contributed by atoms with van der Waals surface area (Å²) < 4.78 is 33.3. The molecule has 0 N–H and O–H groups in total. The first-order valence-corrected chi connectivity index (χ1v) is 7.65. The Morgan fingerprint density at radius 1 is 1.25 bits per heavy atom. The predicted molar refractivity (Wildman–Crippen MR) is 74.5 cm³/mol. The number of benzene rings is 1. The van der Waals surface area contributed by atoms with Crippen LogP contribution < -0.4 is 0 Å². The molecule has 1 aromatic rings. The van der Waals surface area contributed by atoms with Gasteiger partial charge in [-0.25, -0.2) is 4.79 Å². The lowest BCUT2D eigenvalue weighted by molar-refractivity contribution is -0.141. The van der Waals surface area contributed by atoms with Gasteiger partial charge in [-0.15, -0.1) is 0 Å². The molecule has 110 valence electrons. The van der Waals surface area contributed by atoms with Crippen LogP contribution in [0, 0.1) is 6.92 Å². The number of aryl methyl sites for hydroxylation is 1. The molecule has 0 amide bonds. The van der Waals surface area contributed by atoms with Crippen molar-refractivity contribution >= 4 is 16.1 Å². The zero-order valence-electron chi connectivity index (χ0n) is 11.6. The summed E-state index contributed by atoms with van der Waals surface area (Å²) in [5.74, 6) is -1.41. The number of carbonyl (C=O) groups excluding carboxylic acids is 1. The lowest BCUT2D eigenvalue weighted by Crippen LogP contribution is -2.15. The Bertz CT molecular complexity index is 572. The third-order valence-corrected chi connectivity index (χ3v) is 3.75. The molecular formula is C14H18O5S. The maximum absolute atomic E-state index is 11.9. The van der Waals surface area contributed by atoms with E-state index in [-0.39, 0.29) is 11.5 Å². The predicted octanol–water partition coefficient (Wildman–Crippen LogP) is 2.56. The van der Waals surface area contributed by atoms with E-state index in [2.05, 4.69) is 10.8 Å². The van der Waals surface area contributed by atoms with E-state index in [9.17, 15) is 13.2 Å². The van der Waals surface area contributed by atoms with Crippen molar-refractivity contribution in [1.29, 1.82) is 0 Å². The quantitative estimate of drug-likeness (QED) is 0.254. The van der Waals surface area contributed by atoms with E-state index in [1.165, 1.54) is 12.1 Å². The van der Waals surface area contributed by atoms with Crippen molar-refractivity contribution < 1.29 is 22.1 Å². The van der Waals surface area contributed by atoms with Gasteiger partial charge in [0.15, 0.2) is 0 Å². The zero-order valence-corrected chi connectivity index (χ0v) is 12.4. The van der Waals surface area contributed by atoms with Crippen LogP contribution >= 0.6 is 0 Å². The summed E-state index contributed by atoms with van der Waals surface area (Å²) in [5.41, 5.74) is 0.918. The van der Waals surface area contributed by atoms with Gasteiger partial charge in [-0.05, 0) is 32.1 Å². The van der Waals surface area contributed by atoms with Crippen LogP contribution in [0.25, 0.3) is 0 Å². The summed E-state index contributed by atoms with van der Waals surface area (Å²) in [6, 6.07) is 6.08. The van der Waals surface area contributed by atoms with Gasteiger partial charge in [0, 0.05) is 0 Å². The maximum Gasteiger partial charge on any atom is 0.374 e. The van der Waals surface area contributed by atoms with Crippen molar-refractivity contribution in [3.05, 3.63) is 42.2 Å². The Balaban J connectivity index is 2.68. The van der Waals surface area contributed by atoms with E-state index in [1.54, 1.807) is 12.1 Å². The van der Waals surface area contributed by atoms with Gasteiger partial charge in [-0.3, -0.25) is 0 Å². The summed E-state index contributed by atoms with van der Waals surface area (Å²) >= 11 is 0. The lowest BCUT2D eigenvalue weighted by atomic mass is 10.2. The molecule has 0 aliphatic heterocycles. The molecule has 0 unspecified atom stereocenters. The first kappa shape index (κ1) is 16.2. The van der Waals surface area contributed by atoms with E-state index >= 15 is 0 Å². The highest BCUT2D eigenvalue weighted by Gasteiger charge is 2.21. The molecule has 1 aromatic carbocycles. The second-order valence-electron chi connectivity index (χ2n) is 4.26. The highest BCUT2D eigenvalue weighted by molar-refractivity contribution is 7.86. The normalized spacial score (nSPS) is 10.9. The van der Waals surface area contributed by atoms with E-state index in [0.717, 1.165) is 12.0 Å². The maximum atomic E-state index is 11.9. The van der Waals surface area contributed by atoms with Gasteiger partial charge in [-0.1, -0.05) is 31.0 Å². The Labute approximate surface area is 119 Å². The van der Waals surface area contributed by atoms with Crippen LogP contribution in [0.2, 0.25) is 0 Å². The zero-order chi connectivity index (χ0) is 15.2. The summed E-state index contributed by atoms with van der Waals surface area (Å²) in [6.45, 7) is 7.28. The average Bonchev–Trinajstić information content (AvgIpc) is 2.38. The smallest absolute Gasteiger partial charge is 0.374 e. The number of esters is 1. The molecule has 0 aromatic heterocycles. The summed E-state index contributed by atoms with van der Waals surface area (Å²) in [7, 11) is -4.05. The van der Waals surface area contributed by atoms with Crippen LogP contribution in [0.15, 0.2) is 41.5 Å². The molecule has 0 saturated heterocycles. The Morgan fingerprint density at radius 2 is 1.85 bits per heavy atom. The van der Waals surface area contributed by atoms with E-state index in [1.807, 2.05) is 13.8 Å². The average molecular weight is 298 g/mol. The number of ether oxygens (including phenoxy) is 1. The summed E-state index contributed by atoms with van der Waals surface area (Å²) in [4.78, 5) is 11.4. The van der Waals surface area contributed by atoms with Crippen LogP contribution in [-0.4, -0.2) is 21.0 Å². The fraction of sp³-hybridized carbons (Fsp3) is 0.357. The van der Waals surface area contributed by atoms with Crippen LogP contribution in [-0.2, 0) is 23.8 Å². The van der Waals surface area contributed by atoms with Gasteiger partial charge in [-0.2, -0.15) is 8.42 Å². The monoisotopic (exact) mass is 298 g/mol. The molecule has 0 aliphatic carbocycles. The highest BCUT2D eigenvalue weighted by atomic mass is 32.2. The molecule has 0 heterocycles. The fourth-order valence-electron chi connectivity index (χ4n) is 1.31. The SMILES string of the molecule is C=C(OS(=O)(=O)c1ccc(C)cc1)C(=O)OCCCC. The van der Waals surface area contributed by atoms with Gasteiger partial charge in [0.25, 0.3) is 0 Å². The van der Waals surface area contributed by atoms with Crippen molar-refractivity contribution in [3.63, 3.8) is 0 Å². The number of rotatable bonds is 7. The molecule has 5 nitrogen and oxygen atoms in total. The van der Waals surface area contributed by atoms with Crippen molar-refractivity contribution in [2.75, 3.05) is 6.61 Å². The second kappa shape index (κ2) is 7.09. The molecule has 0 bridgehead atoms. The van der Waals surface area contributed by atoms with Crippen LogP contribution in [0.1, 0.15) is 25.3 Å². The summed E-state index contributed by atoms with van der Waals surface area (Å²) in [6.07, 6.45) is 1.56. The van der Waals surface area contributed by atoms with Gasteiger partial charge < -0.3 is 8.92 Å². The molecule has 0 fully saturated rings. The highest BCUT2D eigenvalue weighted by Crippen LogP contribution is 2.16. The number of hydrogen-bond donors (Lipinski definition) is 0. The Hall–Kier alpha value is -1.82. The molecule has 0 spiro atoms. The van der Waals surface area contributed by atoms with E-state index in [4.69, 9.17) is 4.74 Å². The van der Waals surface area contributed by atoms with Crippen LogP contribution in [0.5, 0.6) is 0 Å². The van der Waals surface area contributed by atoms with Gasteiger partial charge in [0.1, 0.15) is 4.90 Å². The standard InChI is InChI=1S/C14H18O5S/c1-4-5-10-18-14(15)12(3)19-20(16,17)13-8-6-11(2)7-9-13/h6-9H,3-5,10H2,1-2H3.